The lowest BCUT2D eigenvalue weighted by molar-refractivity contribution is 0.260. The maximum Gasteiger partial charge on any atom is 0.161 e. The third kappa shape index (κ3) is 3.40. The summed E-state index contributed by atoms with van der Waals surface area (Å²) in [5.74, 6) is 1.56. The molecule has 1 atom stereocenters. The van der Waals surface area contributed by atoms with Crippen LogP contribution < -0.4 is 5.73 Å². The Labute approximate surface area is 159 Å². The summed E-state index contributed by atoms with van der Waals surface area (Å²) in [6.07, 6.45) is 2.74. The van der Waals surface area contributed by atoms with Crippen LogP contribution in [-0.2, 0) is 23.9 Å². The Morgan fingerprint density at radius 2 is 1.70 bits per heavy atom. The van der Waals surface area contributed by atoms with Crippen LogP contribution in [0.4, 0.5) is 0 Å². The molecule has 140 valence electrons. The molecule has 27 heavy (non-hydrogen) atoms. The normalized spacial score (nSPS) is 17.4. The molecular weight excluding hydrogens is 336 g/mol. The number of hydrogen-bond acceptors (Lipinski definition) is 4. The molecule has 1 saturated carbocycles. The van der Waals surface area contributed by atoms with Gasteiger partial charge in [0.25, 0.3) is 0 Å². The fourth-order valence-corrected chi connectivity index (χ4v) is 3.84. The standard InChI is InChI=1S/C22H26N4O/c1-21(23,16-17-8-4-2-5-9-17)20-24-19(25-26(20)14-15-27)22(12-13-22)18-10-6-3-7-11-18/h2-11,27H,12-16,23H2,1H3/t21-/m0/s1. The summed E-state index contributed by atoms with van der Waals surface area (Å²) in [5, 5.41) is 14.3. The van der Waals surface area contributed by atoms with E-state index >= 15 is 0 Å². The van der Waals surface area contributed by atoms with Gasteiger partial charge in [-0.05, 0) is 37.3 Å². The molecule has 0 saturated heterocycles. The molecule has 1 aliphatic carbocycles. The van der Waals surface area contributed by atoms with Gasteiger partial charge in [-0.3, -0.25) is 0 Å². The Morgan fingerprint density at radius 1 is 1.07 bits per heavy atom. The van der Waals surface area contributed by atoms with Crippen LogP contribution >= 0.6 is 0 Å². The summed E-state index contributed by atoms with van der Waals surface area (Å²) < 4.78 is 1.79. The largest absolute Gasteiger partial charge is 0.394 e. The van der Waals surface area contributed by atoms with Gasteiger partial charge in [-0.1, -0.05) is 60.7 Å². The van der Waals surface area contributed by atoms with Gasteiger partial charge >= 0.3 is 0 Å². The monoisotopic (exact) mass is 362 g/mol. The summed E-state index contributed by atoms with van der Waals surface area (Å²) in [4.78, 5) is 4.92. The van der Waals surface area contributed by atoms with Crippen molar-refractivity contribution in [1.29, 1.82) is 0 Å². The molecule has 1 heterocycles. The zero-order chi connectivity index (χ0) is 18.9. The molecule has 0 amide bonds. The Kier molecular flexibility index (Phi) is 4.58. The summed E-state index contributed by atoms with van der Waals surface area (Å²) >= 11 is 0. The maximum absolute atomic E-state index is 9.51. The molecule has 5 heteroatoms. The van der Waals surface area contributed by atoms with E-state index in [9.17, 15) is 5.11 Å². The van der Waals surface area contributed by atoms with Crippen molar-refractivity contribution >= 4 is 0 Å². The van der Waals surface area contributed by atoms with Gasteiger partial charge in [0, 0.05) is 0 Å². The van der Waals surface area contributed by atoms with E-state index < -0.39 is 5.54 Å². The Morgan fingerprint density at radius 3 is 2.30 bits per heavy atom. The van der Waals surface area contributed by atoms with Crippen LogP contribution in [-0.4, -0.2) is 26.5 Å². The SMILES string of the molecule is C[C@](N)(Cc1ccccc1)c1nc(C2(c3ccccc3)CC2)nn1CCO. The minimum absolute atomic E-state index is 0.00948. The van der Waals surface area contributed by atoms with Crippen LogP contribution in [0.2, 0.25) is 0 Å². The van der Waals surface area contributed by atoms with Gasteiger partial charge in [0.1, 0.15) is 5.82 Å². The van der Waals surface area contributed by atoms with Crippen LogP contribution in [0.1, 0.15) is 42.5 Å². The molecule has 0 spiro atoms. The van der Waals surface area contributed by atoms with Crippen molar-refractivity contribution in [3.05, 3.63) is 83.4 Å². The fraction of sp³-hybridized carbons (Fsp3) is 0.364. The molecule has 1 aromatic heterocycles. The summed E-state index contributed by atoms with van der Waals surface area (Å²) in [5.41, 5.74) is 8.34. The van der Waals surface area contributed by atoms with E-state index in [4.69, 9.17) is 15.8 Å². The van der Waals surface area contributed by atoms with Gasteiger partial charge in [-0.15, -0.1) is 0 Å². The molecule has 1 fully saturated rings. The number of nitrogens with two attached hydrogens (primary N) is 1. The third-order valence-electron chi connectivity index (χ3n) is 5.41. The van der Waals surface area contributed by atoms with Gasteiger partial charge in [0.15, 0.2) is 5.82 Å². The van der Waals surface area contributed by atoms with E-state index in [-0.39, 0.29) is 12.0 Å². The molecule has 3 aromatic rings. The van der Waals surface area contributed by atoms with E-state index in [1.165, 1.54) is 5.56 Å². The smallest absolute Gasteiger partial charge is 0.161 e. The molecular formula is C22H26N4O. The number of hydrogen-bond donors (Lipinski definition) is 2. The van der Waals surface area contributed by atoms with Crippen molar-refractivity contribution in [3.63, 3.8) is 0 Å². The quantitative estimate of drug-likeness (QED) is 0.677. The predicted molar refractivity (Wildman–Crippen MR) is 105 cm³/mol. The van der Waals surface area contributed by atoms with E-state index in [2.05, 4.69) is 36.4 Å². The van der Waals surface area contributed by atoms with Gasteiger partial charge in [0.05, 0.1) is 24.1 Å². The summed E-state index contributed by atoms with van der Waals surface area (Å²) in [6, 6.07) is 20.6. The number of aromatic nitrogens is 3. The molecule has 0 radical (unpaired) electrons. The average Bonchev–Trinajstić information content (AvgIpc) is 3.37. The maximum atomic E-state index is 9.51. The highest BCUT2D eigenvalue weighted by atomic mass is 16.3. The van der Waals surface area contributed by atoms with Crippen LogP contribution in [0.3, 0.4) is 0 Å². The molecule has 4 rings (SSSR count). The Hall–Kier alpha value is -2.50. The first-order chi connectivity index (χ1) is 13.0. The molecule has 0 aliphatic heterocycles. The highest BCUT2D eigenvalue weighted by molar-refractivity contribution is 5.39. The van der Waals surface area contributed by atoms with Crippen LogP contribution in [0.25, 0.3) is 0 Å². The van der Waals surface area contributed by atoms with Crippen molar-refractivity contribution in [3.8, 4) is 0 Å². The molecule has 0 bridgehead atoms. The zero-order valence-electron chi connectivity index (χ0n) is 15.7. The molecule has 2 aromatic carbocycles. The number of benzene rings is 2. The number of rotatable bonds is 7. The second-order valence-electron chi connectivity index (χ2n) is 7.73. The fourth-order valence-electron chi connectivity index (χ4n) is 3.84. The van der Waals surface area contributed by atoms with E-state index in [0.29, 0.717) is 13.0 Å². The lowest BCUT2D eigenvalue weighted by atomic mass is 9.92. The minimum Gasteiger partial charge on any atom is -0.394 e. The van der Waals surface area contributed by atoms with E-state index in [0.717, 1.165) is 30.1 Å². The third-order valence-corrected chi connectivity index (χ3v) is 5.41. The summed E-state index contributed by atoms with van der Waals surface area (Å²) in [7, 11) is 0. The molecule has 3 N–H and O–H groups in total. The highest BCUT2D eigenvalue weighted by Gasteiger charge is 2.50. The first-order valence-electron chi connectivity index (χ1n) is 9.50. The number of aliphatic hydroxyl groups excluding tert-OH is 1. The summed E-state index contributed by atoms with van der Waals surface area (Å²) in [6.45, 7) is 2.40. The Balaban J connectivity index is 1.71. The number of aliphatic hydroxyl groups is 1. The molecule has 5 nitrogen and oxygen atoms in total. The van der Waals surface area contributed by atoms with Crippen molar-refractivity contribution in [2.75, 3.05) is 6.61 Å². The zero-order valence-corrected chi connectivity index (χ0v) is 15.7. The van der Waals surface area contributed by atoms with Crippen molar-refractivity contribution in [2.24, 2.45) is 5.73 Å². The molecule has 1 aliphatic rings. The number of nitrogens with zero attached hydrogens (tertiary/aromatic N) is 3. The molecule has 0 unspecified atom stereocenters. The predicted octanol–water partition coefficient (Wildman–Crippen LogP) is 2.77. The minimum atomic E-state index is -0.672. The van der Waals surface area contributed by atoms with Crippen LogP contribution in [0.5, 0.6) is 0 Å². The lowest BCUT2D eigenvalue weighted by Crippen LogP contribution is -2.39. The van der Waals surface area contributed by atoms with Crippen molar-refractivity contribution in [1.82, 2.24) is 14.8 Å². The van der Waals surface area contributed by atoms with Gasteiger partial charge in [-0.2, -0.15) is 5.10 Å². The van der Waals surface area contributed by atoms with Crippen molar-refractivity contribution in [2.45, 2.75) is 43.7 Å². The van der Waals surface area contributed by atoms with E-state index in [1.807, 2.05) is 31.2 Å². The van der Waals surface area contributed by atoms with Gasteiger partial charge in [0.2, 0.25) is 0 Å². The van der Waals surface area contributed by atoms with E-state index in [1.54, 1.807) is 4.68 Å². The highest BCUT2D eigenvalue weighted by Crippen LogP contribution is 2.52. The Bertz CT molecular complexity index is 899. The second-order valence-corrected chi connectivity index (χ2v) is 7.73. The topological polar surface area (TPSA) is 77.0 Å². The van der Waals surface area contributed by atoms with Crippen LogP contribution in [0, 0.1) is 0 Å². The first-order valence-corrected chi connectivity index (χ1v) is 9.50. The van der Waals surface area contributed by atoms with Gasteiger partial charge in [-0.25, -0.2) is 9.67 Å². The van der Waals surface area contributed by atoms with Gasteiger partial charge < -0.3 is 10.8 Å². The first kappa shape index (κ1) is 17.9. The lowest BCUT2D eigenvalue weighted by Gasteiger charge is -2.24. The second kappa shape index (κ2) is 6.91. The van der Waals surface area contributed by atoms with Crippen molar-refractivity contribution < 1.29 is 5.11 Å². The van der Waals surface area contributed by atoms with Crippen LogP contribution in [0.15, 0.2) is 60.7 Å². The average molecular weight is 362 g/mol.